The van der Waals surface area contributed by atoms with Gasteiger partial charge in [0.1, 0.15) is 16.7 Å². The molecule has 0 spiro atoms. The number of hydrogen-bond acceptors (Lipinski definition) is 7. The van der Waals surface area contributed by atoms with Crippen LogP contribution in [0.25, 0.3) is 0 Å². The zero-order chi connectivity index (χ0) is 30.9. The zero-order valence-electron chi connectivity index (χ0n) is 27.4. The van der Waals surface area contributed by atoms with Crippen LogP contribution in [0.4, 0.5) is 0 Å². The second kappa shape index (κ2) is 28.0. The molecule has 1 atom stereocenters. The number of rotatable bonds is 27. The van der Waals surface area contributed by atoms with Crippen LogP contribution >= 0.6 is 0 Å². The Bertz CT molecular complexity index is 952. The molecule has 1 rings (SSSR count). The number of esters is 2. The van der Waals surface area contributed by atoms with Crippen LogP contribution in [0.3, 0.4) is 0 Å². The molecule has 0 bridgehead atoms. The summed E-state index contributed by atoms with van der Waals surface area (Å²) in [4.78, 5) is 25.0. The fourth-order valence-corrected chi connectivity index (χ4v) is 5.73. The Morgan fingerprint density at radius 1 is 0.628 bits per heavy atom. The summed E-state index contributed by atoms with van der Waals surface area (Å²) < 4.78 is 44.1. The third-order valence-corrected chi connectivity index (χ3v) is 9.15. The summed E-state index contributed by atoms with van der Waals surface area (Å²) in [6.07, 6.45) is 26.1. The predicted octanol–water partition coefficient (Wildman–Crippen LogP) is 6.15. The third-order valence-electron chi connectivity index (χ3n) is 7.86. The second-order valence-corrected chi connectivity index (χ2v) is 13.2. The van der Waals surface area contributed by atoms with Crippen molar-refractivity contribution in [3.05, 3.63) is 35.4 Å². The van der Waals surface area contributed by atoms with Crippen LogP contribution in [0.5, 0.6) is 0 Å². The standard InChI is InChI=1S/C34H58O7S.K/c1-3-5-6-7-8-9-10-11-12-13-14-15-16-17-18-19-20-21-22-25-28-40-33(35)31-26-23-24-27-32(31)34(36)41-29-30(4-2)42(37,38)39;/h23-24,26-27,30H,3-22,25,28-29H2,1-2H3,(H,37,38,39);/q;+1/p-1. The van der Waals surface area contributed by atoms with Crippen molar-refractivity contribution in [2.45, 2.75) is 154 Å². The molecule has 0 aliphatic heterocycles. The Morgan fingerprint density at radius 2 is 0.977 bits per heavy atom. The molecule has 0 fully saturated rings. The second-order valence-electron chi connectivity index (χ2n) is 11.5. The fraction of sp³-hybridized carbons (Fsp3) is 0.765. The number of unbranched alkanes of at least 4 members (excludes halogenated alkanes) is 19. The van der Waals surface area contributed by atoms with Gasteiger partial charge in [-0.1, -0.05) is 148 Å². The summed E-state index contributed by atoms with van der Waals surface area (Å²) >= 11 is 0. The van der Waals surface area contributed by atoms with Crippen molar-refractivity contribution in [1.29, 1.82) is 0 Å². The summed E-state index contributed by atoms with van der Waals surface area (Å²) in [5.74, 6) is -1.48. The molecule has 0 heterocycles. The van der Waals surface area contributed by atoms with Gasteiger partial charge in [0, 0.05) is 0 Å². The van der Waals surface area contributed by atoms with E-state index in [1.165, 1.54) is 128 Å². The molecule has 0 radical (unpaired) electrons. The predicted molar refractivity (Wildman–Crippen MR) is 169 cm³/mol. The molecular formula is C34H57KO7S. The van der Waals surface area contributed by atoms with E-state index in [0.717, 1.165) is 19.3 Å². The van der Waals surface area contributed by atoms with Crippen molar-refractivity contribution in [1.82, 2.24) is 0 Å². The normalized spacial score (nSPS) is 12.0. The molecule has 0 saturated carbocycles. The maximum atomic E-state index is 12.5. The van der Waals surface area contributed by atoms with E-state index in [1.807, 2.05) is 0 Å². The Morgan fingerprint density at radius 3 is 1.33 bits per heavy atom. The molecule has 0 aliphatic carbocycles. The van der Waals surface area contributed by atoms with Crippen molar-refractivity contribution in [3.8, 4) is 0 Å². The average Bonchev–Trinajstić information content (AvgIpc) is 2.97. The van der Waals surface area contributed by atoms with Gasteiger partial charge in [0.25, 0.3) is 0 Å². The van der Waals surface area contributed by atoms with E-state index in [-0.39, 0.29) is 75.5 Å². The maximum Gasteiger partial charge on any atom is 1.00 e. The summed E-state index contributed by atoms with van der Waals surface area (Å²) in [6, 6.07) is 6.08. The molecule has 0 aliphatic rings. The number of carbonyl (C=O) groups excluding carboxylic acids is 2. The number of carbonyl (C=O) groups is 2. The van der Waals surface area contributed by atoms with Gasteiger partial charge in [-0.25, -0.2) is 18.0 Å². The number of ether oxygens (including phenoxy) is 2. The molecule has 0 N–H and O–H groups in total. The Balaban J connectivity index is 0.0000176. The fourth-order valence-electron chi connectivity index (χ4n) is 5.09. The Hall–Kier alpha value is -0.294. The summed E-state index contributed by atoms with van der Waals surface area (Å²) in [6.45, 7) is 3.52. The molecule has 1 aromatic carbocycles. The van der Waals surface area contributed by atoms with Crippen molar-refractivity contribution in [2.24, 2.45) is 0 Å². The van der Waals surface area contributed by atoms with Gasteiger partial charge in [0.15, 0.2) is 0 Å². The topological polar surface area (TPSA) is 110 Å². The van der Waals surface area contributed by atoms with Crippen LogP contribution in [0.15, 0.2) is 24.3 Å². The monoisotopic (exact) mass is 648 g/mol. The maximum absolute atomic E-state index is 12.5. The van der Waals surface area contributed by atoms with Crippen molar-refractivity contribution in [2.75, 3.05) is 13.2 Å². The first-order valence-corrected chi connectivity index (χ1v) is 18.2. The van der Waals surface area contributed by atoms with Gasteiger partial charge in [0.05, 0.1) is 23.0 Å². The average molecular weight is 649 g/mol. The zero-order valence-corrected chi connectivity index (χ0v) is 31.4. The molecule has 0 saturated heterocycles. The van der Waals surface area contributed by atoms with E-state index in [2.05, 4.69) is 6.92 Å². The van der Waals surface area contributed by atoms with Crippen LogP contribution in [-0.2, 0) is 19.6 Å². The van der Waals surface area contributed by atoms with Crippen molar-refractivity contribution >= 4 is 22.1 Å². The Labute approximate surface area is 305 Å². The molecule has 242 valence electrons. The smallest absolute Gasteiger partial charge is 0.748 e. The van der Waals surface area contributed by atoms with Gasteiger partial charge in [-0.05, 0) is 25.0 Å². The van der Waals surface area contributed by atoms with E-state index in [4.69, 9.17) is 9.47 Å². The molecule has 43 heavy (non-hydrogen) atoms. The van der Waals surface area contributed by atoms with Gasteiger partial charge >= 0.3 is 63.3 Å². The SMILES string of the molecule is CCCCCCCCCCCCCCCCCCCCCCOC(=O)c1ccccc1C(=O)OCC(CC)S(=O)(=O)[O-].[K+]. The minimum atomic E-state index is -4.58. The first kappa shape index (κ1) is 42.7. The first-order chi connectivity index (χ1) is 20.3. The minimum Gasteiger partial charge on any atom is -0.748 e. The number of hydrogen-bond donors (Lipinski definition) is 0. The summed E-state index contributed by atoms with van der Waals surface area (Å²) in [7, 11) is -4.58. The van der Waals surface area contributed by atoms with Crippen LogP contribution in [0.1, 0.15) is 169 Å². The van der Waals surface area contributed by atoms with Gasteiger partial charge in [-0.2, -0.15) is 0 Å². The van der Waals surface area contributed by atoms with Gasteiger partial charge < -0.3 is 14.0 Å². The molecule has 0 aromatic heterocycles. The molecule has 7 nitrogen and oxygen atoms in total. The third kappa shape index (κ3) is 22.0. The molecular weight excluding hydrogens is 592 g/mol. The van der Waals surface area contributed by atoms with Crippen LogP contribution < -0.4 is 51.4 Å². The van der Waals surface area contributed by atoms with E-state index in [1.54, 1.807) is 12.1 Å². The first-order valence-electron chi connectivity index (χ1n) is 16.7. The van der Waals surface area contributed by atoms with Crippen molar-refractivity contribution in [3.63, 3.8) is 0 Å². The van der Waals surface area contributed by atoms with Gasteiger partial charge in [-0.15, -0.1) is 0 Å². The van der Waals surface area contributed by atoms with Crippen LogP contribution in [0.2, 0.25) is 0 Å². The quantitative estimate of drug-likeness (QED) is 0.0487. The van der Waals surface area contributed by atoms with E-state index in [0.29, 0.717) is 0 Å². The molecule has 0 amide bonds. The summed E-state index contributed by atoms with van der Waals surface area (Å²) in [5, 5.41) is -1.32. The van der Waals surface area contributed by atoms with E-state index < -0.39 is 33.9 Å². The van der Waals surface area contributed by atoms with E-state index in [9.17, 15) is 22.6 Å². The molecule has 1 aromatic rings. The largest absolute Gasteiger partial charge is 1.00 e. The molecule has 1 unspecified atom stereocenters. The number of benzene rings is 1. The van der Waals surface area contributed by atoms with Gasteiger partial charge in [-0.3, -0.25) is 0 Å². The van der Waals surface area contributed by atoms with Gasteiger partial charge in [0.2, 0.25) is 0 Å². The van der Waals surface area contributed by atoms with Crippen molar-refractivity contribution < 1.29 is 83.4 Å². The summed E-state index contributed by atoms with van der Waals surface area (Å²) in [5.41, 5.74) is 0.0536. The molecule has 9 heteroatoms. The minimum absolute atomic E-state index is 0. The van der Waals surface area contributed by atoms with Crippen LogP contribution in [-0.4, -0.2) is 43.4 Å². The van der Waals surface area contributed by atoms with E-state index >= 15 is 0 Å². The Kier molecular flexibility index (Phi) is 27.8. The van der Waals surface area contributed by atoms with Crippen LogP contribution in [0, 0.1) is 0 Å².